The summed E-state index contributed by atoms with van der Waals surface area (Å²) in [6, 6.07) is 7.88. The summed E-state index contributed by atoms with van der Waals surface area (Å²) in [6.07, 6.45) is 3.83. The van der Waals surface area contributed by atoms with Gasteiger partial charge in [0.2, 0.25) is 0 Å². The molecule has 1 aromatic heterocycles. The molecule has 146 valence electrons. The van der Waals surface area contributed by atoms with Crippen molar-refractivity contribution in [1.82, 2.24) is 14.8 Å². The van der Waals surface area contributed by atoms with E-state index in [1.807, 2.05) is 19.0 Å². The van der Waals surface area contributed by atoms with Crippen molar-refractivity contribution in [2.45, 2.75) is 12.5 Å². The van der Waals surface area contributed by atoms with Gasteiger partial charge in [0.05, 0.1) is 11.6 Å². The maximum absolute atomic E-state index is 13.2. The predicted molar refractivity (Wildman–Crippen MR) is 103 cm³/mol. The number of aliphatic hydroxyl groups excluding tert-OH is 1. The molecule has 1 atom stereocenters. The Hall–Kier alpha value is -3.06. The molecule has 6 nitrogen and oxygen atoms in total. The molecule has 0 unspecified atom stereocenters. The number of hydrogen-bond donors (Lipinski definition) is 1. The third kappa shape index (κ3) is 3.94. The van der Waals surface area contributed by atoms with Gasteiger partial charge < -0.3 is 14.9 Å². The van der Waals surface area contributed by atoms with E-state index >= 15 is 0 Å². The van der Waals surface area contributed by atoms with Gasteiger partial charge in [0.25, 0.3) is 11.7 Å². The van der Waals surface area contributed by atoms with Gasteiger partial charge in [0, 0.05) is 24.5 Å². The van der Waals surface area contributed by atoms with Crippen LogP contribution in [0.1, 0.15) is 23.6 Å². The topological polar surface area (TPSA) is 73.7 Å². The van der Waals surface area contributed by atoms with E-state index in [0.717, 1.165) is 6.54 Å². The van der Waals surface area contributed by atoms with Gasteiger partial charge >= 0.3 is 0 Å². The van der Waals surface area contributed by atoms with E-state index in [1.165, 1.54) is 29.2 Å². The first kappa shape index (κ1) is 19.7. The van der Waals surface area contributed by atoms with Gasteiger partial charge in [-0.25, -0.2) is 4.39 Å². The van der Waals surface area contributed by atoms with Crippen LogP contribution in [0.25, 0.3) is 5.76 Å². The molecule has 1 N–H and O–H groups in total. The lowest BCUT2D eigenvalue weighted by atomic mass is 9.96. The number of amides is 1. The van der Waals surface area contributed by atoms with Crippen LogP contribution in [0.15, 0.2) is 54.4 Å². The van der Waals surface area contributed by atoms with Crippen molar-refractivity contribution >= 4 is 17.4 Å². The number of hydrogen-bond acceptors (Lipinski definition) is 5. The van der Waals surface area contributed by atoms with Gasteiger partial charge in [-0.05, 0) is 69.0 Å². The number of ketones is 1. The summed E-state index contributed by atoms with van der Waals surface area (Å²) in [6.45, 7) is 1.12. The Kier molecular flexibility index (Phi) is 5.84. The zero-order chi connectivity index (χ0) is 20.3. The fraction of sp³-hybridized carbons (Fsp3) is 0.286. The third-order valence-electron chi connectivity index (χ3n) is 4.68. The number of rotatable bonds is 6. The molecule has 1 aromatic carbocycles. The first-order chi connectivity index (χ1) is 13.4. The lowest BCUT2D eigenvalue weighted by Gasteiger charge is -2.25. The molecule has 1 aliphatic heterocycles. The van der Waals surface area contributed by atoms with E-state index in [9.17, 15) is 19.1 Å². The molecule has 0 bridgehead atoms. The maximum Gasteiger partial charge on any atom is 0.295 e. The lowest BCUT2D eigenvalue weighted by Crippen LogP contribution is -2.32. The number of likely N-dealkylation sites (tertiary alicyclic amines) is 1. The molecule has 28 heavy (non-hydrogen) atoms. The van der Waals surface area contributed by atoms with Gasteiger partial charge in [-0.2, -0.15) is 0 Å². The molecule has 0 spiro atoms. The molecule has 3 rings (SSSR count). The van der Waals surface area contributed by atoms with Crippen molar-refractivity contribution in [2.75, 3.05) is 27.2 Å². The second-order valence-electron chi connectivity index (χ2n) is 6.94. The second kappa shape index (κ2) is 8.31. The molecule has 0 radical (unpaired) electrons. The van der Waals surface area contributed by atoms with Gasteiger partial charge in [-0.3, -0.25) is 14.6 Å². The Morgan fingerprint density at radius 1 is 1.14 bits per heavy atom. The monoisotopic (exact) mass is 383 g/mol. The summed E-state index contributed by atoms with van der Waals surface area (Å²) in [5.41, 5.74) is 0.974. The standard InChI is InChI=1S/C21H22FN3O3/c1-24(2)12-3-13-25-18(14-8-10-23-11-9-14)17(20(27)21(25)28)19(26)15-4-6-16(22)7-5-15/h4-11,18,26H,3,12-13H2,1-2H3/t18-/m1/s1. The van der Waals surface area contributed by atoms with Crippen molar-refractivity contribution in [1.29, 1.82) is 0 Å². The quantitative estimate of drug-likeness (QED) is 0.472. The smallest absolute Gasteiger partial charge is 0.295 e. The molecule has 1 amide bonds. The van der Waals surface area contributed by atoms with Crippen molar-refractivity contribution in [3.05, 3.63) is 71.3 Å². The molecule has 7 heteroatoms. The largest absolute Gasteiger partial charge is 0.507 e. The molecular weight excluding hydrogens is 361 g/mol. The normalized spacial score (nSPS) is 18.9. The fourth-order valence-electron chi connectivity index (χ4n) is 3.32. The highest BCUT2D eigenvalue weighted by Gasteiger charge is 2.45. The number of aromatic nitrogens is 1. The molecular formula is C21H22FN3O3. The highest BCUT2D eigenvalue weighted by molar-refractivity contribution is 6.46. The van der Waals surface area contributed by atoms with Crippen LogP contribution in [0.3, 0.4) is 0 Å². The van der Waals surface area contributed by atoms with E-state index < -0.39 is 23.5 Å². The highest BCUT2D eigenvalue weighted by atomic mass is 19.1. The first-order valence-electron chi connectivity index (χ1n) is 8.99. The number of nitrogens with zero attached hydrogens (tertiary/aromatic N) is 3. The van der Waals surface area contributed by atoms with E-state index in [-0.39, 0.29) is 16.9 Å². The Morgan fingerprint density at radius 3 is 2.39 bits per heavy atom. The zero-order valence-corrected chi connectivity index (χ0v) is 15.8. The van der Waals surface area contributed by atoms with Crippen molar-refractivity contribution in [3.63, 3.8) is 0 Å². The lowest BCUT2D eigenvalue weighted by molar-refractivity contribution is -0.139. The molecule has 0 aliphatic carbocycles. The minimum absolute atomic E-state index is 0.00709. The van der Waals surface area contributed by atoms with Crippen molar-refractivity contribution in [3.8, 4) is 0 Å². The molecule has 2 heterocycles. The summed E-state index contributed by atoms with van der Waals surface area (Å²) >= 11 is 0. The molecule has 2 aromatic rings. The number of halogens is 1. The van der Waals surface area contributed by atoms with Crippen LogP contribution in [0.4, 0.5) is 4.39 Å². The number of pyridine rings is 1. The van der Waals surface area contributed by atoms with Crippen LogP contribution < -0.4 is 0 Å². The van der Waals surface area contributed by atoms with Gasteiger partial charge in [-0.1, -0.05) is 0 Å². The second-order valence-corrected chi connectivity index (χ2v) is 6.94. The Labute approximate surface area is 162 Å². The van der Waals surface area contributed by atoms with Crippen LogP contribution in [-0.2, 0) is 9.59 Å². The number of Topliss-reactive ketones (excluding diaryl/α,β-unsaturated/α-hetero) is 1. The first-order valence-corrected chi connectivity index (χ1v) is 8.99. The number of carbonyl (C=O) groups excluding carboxylic acids is 2. The maximum atomic E-state index is 13.2. The molecule has 1 aliphatic rings. The van der Waals surface area contributed by atoms with E-state index in [4.69, 9.17) is 0 Å². The number of carbonyl (C=O) groups is 2. The number of aliphatic hydroxyl groups is 1. The molecule has 0 saturated carbocycles. The molecule has 1 saturated heterocycles. The summed E-state index contributed by atoms with van der Waals surface area (Å²) in [4.78, 5) is 32.9. The zero-order valence-electron chi connectivity index (χ0n) is 15.8. The van der Waals surface area contributed by atoms with Gasteiger partial charge in [0.1, 0.15) is 11.6 Å². The van der Waals surface area contributed by atoms with Crippen LogP contribution >= 0.6 is 0 Å². The summed E-state index contributed by atoms with van der Waals surface area (Å²) in [5, 5.41) is 10.8. The van der Waals surface area contributed by atoms with Crippen LogP contribution in [-0.4, -0.2) is 58.8 Å². The van der Waals surface area contributed by atoms with Crippen LogP contribution in [0.2, 0.25) is 0 Å². The van der Waals surface area contributed by atoms with Crippen molar-refractivity contribution in [2.24, 2.45) is 0 Å². The Balaban J connectivity index is 2.06. The average molecular weight is 383 g/mol. The summed E-state index contributed by atoms with van der Waals surface area (Å²) < 4.78 is 13.2. The van der Waals surface area contributed by atoms with Crippen molar-refractivity contribution < 1.29 is 19.1 Å². The van der Waals surface area contributed by atoms with E-state index in [2.05, 4.69) is 4.98 Å². The summed E-state index contributed by atoms with van der Waals surface area (Å²) in [5.74, 6) is -2.15. The number of benzene rings is 1. The van der Waals surface area contributed by atoms with Crippen LogP contribution in [0, 0.1) is 5.82 Å². The average Bonchev–Trinajstić information content (AvgIpc) is 2.93. The van der Waals surface area contributed by atoms with Crippen LogP contribution in [0.5, 0.6) is 0 Å². The van der Waals surface area contributed by atoms with E-state index in [0.29, 0.717) is 18.5 Å². The van der Waals surface area contributed by atoms with Gasteiger partial charge in [-0.15, -0.1) is 0 Å². The fourth-order valence-corrected chi connectivity index (χ4v) is 3.32. The Morgan fingerprint density at radius 2 is 1.79 bits per heavy atom. The SMILES string of the molecule is CN(C)CCCN1C(=O)C(=O)C(=C(O)c2ccc(F)cc2)[C@H]1c1ccncc1. The third-order valence-corrected chi connectivity index (χ3v) is 4.68. The predicted octanol–water partition coefficient (Wildman–Crippen LogP) is 2.59. The van der Waals surface area contributed by atoms with Gasteiger partial charge in [0.15, 0.2) is 0 Å². The minimum Gasteiger partial charge on any atom is -0.507 e. The van der Waals surface area contributed by atoms with E-state index in [1.54, 1.807) is 24.5 Å². The Bertz CT molecular complexity index is 895. The minimum atomic E-state index is -0.742. The summed E-state index contributed by atoms with van der Waals surface area (Å²) in [7, 11) is 3.87. The molecule has 1 fully saturated rings. The highest BCUT2D eigenvalue weighted by Crippen LogP contribution is 2.39.